The normalized spacial score (nSPS) is 20.1. The summed E-state index contributed by atoms with van der Waals surface area (Å²) >= 11 is 0. The molecule has 2 amide bonds. The molecule has 2 aliphatic heterocycles. The Bertz CT molecular complexity index is 1600. The van der Waals surface area contributed by atoms with Gasteiger partial charge in [-0.25, -0.2) is 13.4 Å². The zero-order chi connectivity index (χ0) is 31.3. The van der Waals surface area contributed by atoms with Gasteiger partial charge in [0.25, 0.3) is 0 Å². The summed E-state index contributed by atoms with van der Waals surface area (Å²) in [6.07, 6.45) is 3.41. The number of carbonyl (C=O) groups is 2. The van der Waals surface area contributed by atoms with Gasteiger partial charge in [-0.3, -0.25) is 9.59 Å². The third-order valence-electron chi connectivity index (χ3n) is 7.89. The van der Waals surface area contributed by atoms with Crippen LogP contribution in [0, 0.1) is 0 Å². The molecule has 2 atom stereocenters. The first kappa shape index (κ1) is 31.3. The summed E-state index contributed by atoms with van der Waals surface area (Å²) in [5.74, 6) is 2.00. The number of anilines is 1. The molecule has 0 radical (unpaired) electrons. The van der Waals surface area contributed by atoms with E-state index in [1.807, 2.05) is 54.3 Å². The number of methoxy groups -OCH3 is 1. The maximum Gasteiger partial charge on any atom is 0.239 e. The molecular formula is C32H38N4O7S. The molecule has 3 heterocycles. The standard InChI is InChI=1S/C32H38N4O7S/c1-4-35-20-31(37)34-26-14-15-36(30-12-10-25(18-33-30)44(3,39)40)19-29(26)42-21-23-6-5-7-24(16-23)43-28-17-22(9-13-32(35)38)8-11-27(28)41-2/h5-8,10-12,16-18,26,29H,4,9,13-15,19-21H2,1-3H3,(H,34,37)/t26-,29-/m0/s1. The fourth-order valence-corrected chi connectivity index (χ4v) is 5.99. The summed E-state index contributed by atoms with van der Waals surface area (Å²) in [4.78, 5) is 34.4. The highest BCUT2D eigenvalue weighted by atomic mass is 32.2. The van der Waals surface area contributed by atoms with E-state index in [1.54, 1.807) is 24.1 Å². The number of aromatic nitrogens is 1. The van der Waals surface area contributed by atoms with Crippen molar-refractivity contribution in [2.24, 2.45) is 0 Å². The number of hydrogen-bond donors (Lipinski definition) is 1. The van der Waals surface area contributed by atoms with Crippen LogP contribution < -0.4 is 19.7 Å². The lowest BCUT2D eigenvalue weighted by atomic mass is 10.0. The lowest BCUT2D eigenvalue weighted by molar-refractivity contribution is -0.136. The number of piperidine rings is 1. The van der Waals surface area contributed by atoms with Gasteiger partial charge in [0.15, 0.2) is 21.3 Å². The third-order valence-corrected chi connectivity index (χ3v) is 8.99. The van der Waals surface area contributed by atoms with Gasteiger partial charge in [-0.2, -0.15) is 0 Å². The monoisotopic (exact) mass is 622 g/mol. The van der Waals surface area contributed by atoms with E-state index in [2.05, 4.69) is 10.3 Å². The van der Waals surface area contributed by atoms with Gasteiger partial charge < -0.3 is 29.3 Å². The zero-order valence-electron chi connectivity index (χ0n) is 25.2. The molecule has 1 N–H and O–H groups in total. The summed E-state index contributed by atoms with van der Waals surface area (Å²) < 4.78 is 42.0. The highest BCUT2D eigenvalue weighted by Crippen LogP contribution is 2.33. The van der Waals surface area contributed by atoms with Crippen molar-refractivity contribution in [2.45, 2.75) is 49.8 Å². The van der Waals surface area contributed by atoms with Crippen molar-refractivity contribution in [3.63, 3.8) is 0 Å². The number of aryl methyl sites for hydroxylation is 1. The first-order valence-corrected chi connectivity index (χ1v) is 16.6. The molecular weight excluding hydrogens is 584 g/mol. The Balaban J connectivity index is 1.42. The first-order chi connectivity index (χ1) is 21.1. The van der Waals surface area contributed by atoms with E-state index in [9.17, 15) is 18.0 Å². The SMILES string of the molecule is CCN1CC(=O)N[C@H]2CCN(c3ccc(S(C)(=O)=O)cn3)C[C@@H]2OCc2cccc(c2)Oc2cc(ccc2OC)CCC1=O. The number of sulfone groups is 1. The number of hydrogen-bond acceptors (Lipinski definition) is 9. The summed E-state index contributed by atoms with van der Waals surface area (Å²) in [6, 6.07) is 16.1. The first-order valence-electron chi connectivity index (χ1n) is 14.7. The van der Waals surface area contributed by atoms with Gasteiger partial charge >= 0.3 is 0 Å². The number of fused-ring (bicyclic) bond motifs is 5. The fraction of sp³-hybridized carbons (Fsp3) is 0.406. The lowest BCUT2D eigenvalue weighted by Crippen LogP contribution is -2.56. The summed E-state index contributed by atoms with van der Waals surface area (Å²) in [6.45, 7) is 3.49. The Labute approximate surface area is 258 Å². The van der Waals surface area contributed by atoms with Crippen LogP contribution in [0.3, 0.4) is 0 Å². The number of nitrogens with zero attached hydrogens (tertiary/aromatic N) is 3. The van der Waals surface area contributed by atoms with E-state index in [-0.39, 0.29) is 42.3 Å². The summed E-state index contributed by atoms with van der Waals surface area (Å²) in [7, 11) is -1.78. The average Bonchev–Trinajstić information content (AvgIpc) is 3.01. The Morgan fingerprint density at radius 2 is 1.91 bits per heavy atom. The van der Waals surface area contributed by atoms with Crippen LogP contribution in [0.25, 0.3) is 0 Å². The molecule has 0 unspecified atom stereocenters. The third kappa shape index (κ3) is 7.67. The Kier molecular flexibility index (Phi) is 9.70. The second kappa shape index (κ2) is 13.6. The molecule has 5 rings (SSSR count). The Morgan fingerprint density at radius 1 is 1.07 bits per heavy atom. The molecule has 2 aliphatic rings. The minimum absolute atomic E-state index is 0.0458. The molecule has 2 aromatic carbocycles. The van der Waals surface area contributed by atoms with E-state index in [4.69, 9.17) is 14.2 Å². The molecule has 3 aromatic rings. The number of ether oxygens (including phenoxy) is 3. The van der Waals surface area contributed by atoms with Gasteiger partial charge in [-0.15, -0.1) is 0 Å². The Hall–Kier alpha value is -4.16. The lowest BCUT2D eigenvalue weighted by Gasteiger charge is -2.39. The van der Waals surface area contributed by atoms with Crippen molar-refractivity contribution in [3.05, 3.63) is 71.9 Å². The van der Waals surface area contributed by atoms with Crippen LogP contribution in [0.2, 0.25) is 0 Å². The maximum absolute atomic E-state index is 13.2. The van der Waals surface area contributed by atoms with Crippen LogP contribution in [0.5, 0.6) is 17.2 Å². The molecule has 44 heavy (non-hydrogen) atoms. The molecule has 0 aliphatic carbocycles. The molecule has 1 aromatic heterocycles. The molecule has 1 fully saturated rings. The second-order valence-corrected chi connectivity index (χ2v) is 13.0. The van der Waals surface area contributed by atoms with Crippen molar-refractivity contribution >= 4 is 27.5 Å². The van der Waals surface area contributed by atoms with Gasteiger partial charge in [0, 0.05) is 38.5 Å². The molecule has 0 spiro atoms. The fourth-order valence-electron chi connectivity index (χ4n) is 5.43. The van der Waals surface area contributed by atoms with Crippen molar-refractivity contribution in [1.29, 1.82) is 0 Å². The van der Waals surface area contributed by atoms with E-state index >= 15 is 0 Å². The quantitative estimate of drug-likeness (QED) is 0.466. The van der Waals surface area contributed by atoms with Crippen molar-refractivity contribution < 1.29 is 32.2 Å². The number of carbonyl (C=O) groups excluding carboxylic acids is 2. The number of likely N-dealkylation sites (N-methyl/N-ethyl adjacent to an activating group) is 1. The van der Waals surface area contributed by atoms with Gasteiger partial charge in [-0.05, 0) is 67.3 Å². The number of pyridine rings is 1. The minimum atomic E-state index is -3.37. The Morgan fingerprint density at radius 3 is 2.64 bits per heavy atom. The highest BCUT2D eigenvalue weighted by Gasteiger charge is 2.32. The topological polar surface area (TPSA) is 127 Å². The van der Waals surface area contributed by atoms with E-state index in [0.717, 1.165) is 17.4 Å². The van der Waals surface area contributed by atoms with E-state index < -0.39 is 15.9 Å². The average molecular weight is 623 g/mol. The van der Waals surface area contributed by atoms with Crippen molar-refractivity contribution in [1.82, 2.24) is 15.2 Å². The van der Waals surface area contributed by atoms with Crippen LogP contribution in [0.15, 0.2) is 65.7 Å². The highest BCUT2D eigenvalue weighted by molar-refractivity contribution is 7.90. The van der Waals surface area contributed by atoms with Crippen LogP contribution >= 0.6 is 0 Å². The molecule has 0 saturated carbocycles. The predicted octanol–water partition coefficient (Wildman–Crippen LogP) is 3.36. The summed E-state index contributed by atoms with van der Waals surface area (Å²) in [5, 5.41) is 3.11. The minimum Gasteiger partial charge on any atom is -0.493 e. The summed E-state index contributed by atoms with van der Waals surface area (Å²) in [5.41, 5.74) is 1.81. The smallest absolute Gasteiger partial charge is 0.239 e. The van der Waals surface area contributed by atoms with Gasteiger partial charge in [-0.1, -0.05) is 18.2 Å². The van der Waals surface area contributed by atoms with Crippen LogP contribution in [-0.4, -0.2) is 81.8 Å². The number of nitrogens with one attached hydrogen (secondary N) is 1. The largest absolute Gasteiger partial charge is 0.493 e. The van der Waals surface area contributed by atoms with Crippen LogP contribution in [0.4, 0.5) is 5.82 Å². The van der Waals surface area contributed by atoms with Crippen molar-refractivity contribution in [3.8, 4) is 17.2 Å². The molecule has 4 bridgehead atoms. The molecule has 1 saturated heterocycles. The molecule has 11 nitrogen and oxygen atoms in total. The van der Waals surface area contributed by atoms with Gasteiger partial charge in [0.05, 0.1) is 37.3 Å². The van der Waals surface area contributed by atoms with E-state index in [0.29, 0.717) is 55.5 Å². The van der Waals surface area contributed by atoms with Crippen LogP contribution in [0.1, 0.15) is 30.9 Å². The van der Waals surface area contributed by atoms with E-state index in [1.165, 1.54) is 6.20 Å². The van der Waals surface area contributed by atoms with Gasteiger partial charge in [0.1, 0.15) is 11.6 Å². The number of benzene rings is 2. The molecule has 12 heteroatoms. The maximum atomic E-state index is 13.2. The number of amides is 2. The predicted molar refractivity (Wildman–Crippen MR) is 165 cm³/mol. The van der Waals surface area contributed by atoms with Gasteiger partial charge in [0.2, 0.25) is 11.8 Å². The van der Waals surface area contributed by atoms with Crippen molar-refractivity contribution in [2.75, 3.05) is 44.4 Å². The number of rotatable bonds is 4. The second-order valence-electron chi connectivity index (χ2n) is 11.0. The van der Waals surface area contributed by atoms with Crippen LogP contribution in [-0.2, 0) is 37.2 Å². The molecule has 234 valence electrons. The zero-order valence-corrected chi connectivity index (χ0v) is 26.0.